The monoisotopic (exact) mass is 431 g/mol. The Morgan fingerprint density at radius 3 is 2.21 bits per heavy atom. The fourth-order valence-electron chi connectivity index (χ4n) is 2.68. The van der Waals surface area contributed by atoms with Gasteiger partial charge in [-0.1, -0.05) is 0 Å². The molecule has 1 amide bonds. The maximum absolute atomic E-state index is 12.5. The number of carboxylic acids is 1. The molecule has 0 aromatic carbocycles. The smallest absolute Gasteiger partial charge is 0.408 e. The largest absolute Gasteiger partial charge is 0.480 e. The maximum Gasteiger partial charge on any atom is 0.408 e. The van der Waals surface area contributed by atoms with Crippen LogP contribution in [0.3, 0.4) is 0 Å². The third-order valence-electron chi connectivity index (χ3n) is 4.47. The minimum absolute atomic E-state index is 0.00612. The minimum atomic E-state index is -1.21. The number of carboxylic acid groups (broad SMARTS) is 1. The topological polar surface area (TPSA) is 119 Å². The fourth-order valence-corrected chi connectivity index (χ4v) is 4.19. The molecule has 0 radical (unpaired) electrons. The van der Waals surface area contributed by atoms with Crippen molar-refractivity contribution in [3.63, 3.8) is 0 Å². The second-order valence-corrected chi connectivity index (χ2v) is 11.1. The maximum atomic E-state index is 12.5. The number of hydrogen-bond donors (Lipinski definition) is 2. The van der Waals surface area contributed by atoms with Crippen molar-refractivity contribution in [2.45, 2.75) is 84.8 Å². The van der Waals surface area contributed by atoms with Crippen molar-refractivity contribution in [3.8, 4) is 0 Å². The second-order valence-electron chi connectivity index (χ2n) is 9.83. The molecule has 0 saturated heterocycles. The summed E-state index contributed by atoms with van der Waals surface area (Å²) in [6, 6.07) is -1.20. The third-order valence-corrected chi connectivity index (χ3v) is 5.83. The average Bonchev–Trinajstić information content (AvgIpc) is 2.71. The first kappa shape index (κ1) is 25.3. The fraction of sp³-hybridized carbons (Fsp3) is 0.800. The van der Waals surface area contributed by atoms with Gasteiger partial charge in [0.25, 0.3) is 0 Å². The summed E-state index contributed by atoms with van der Waals surface area (Å²) in [5.74, 6) is -1.67. The van der Waals surface area contributed by atoms with Gasteiger partial charge in [0, 0.05) is 17.4 Å². The number of Topliss-reactive ketones (excluding diaryl/α,β-unsaturated/α-hetero) is 1. The molecule has 0 unspecified atom stereocenters. The van der Waals surface area contributed by atoms with Crippen LogP contribution >= 0.6 is 11.8 Å². The molecule has 0 bridgehead atoms. The molecule has 1 fully saturated rings. The number of ether oxygens (including phenoxy) is 2. The summed E-state index contributed by atoms with van der Waals surface area (Å²) in [6.45, 7) is 13.7. The van der Waals surface area contributed by atoms with Crippen LogP contribution in [0, 0.1) is 10.8 Å². The molecule has 0 spiro atoms. The summed E-state index contributed by atoms with van der Waals surface area (Å²) in [4.78, 5) is 48.3. The van der Waals surface area contributed by atoms with Crippen LogP contribution in [0.15, 0.2) is 0 Å². The van der Waals surface area contributed by atoms with Crippen molar-refractivity contribution >= 4 is 35.6 Å². The van der Waals surface area contributed by atoms with E-state index in [4.69, 9.17) is 9.47 Å². The first-order valence-corrected chi connectivity index (χ1v) is 10.6. The highest BCUT2D eigenvalue weighted by atomic mass is 32.2. The standard InChI is InChI=1S/C20H33NO7S/c1-18(2,3)16(25)27-14-12(9-13(22)20(14,7)8)29-10-11(15(23)24)21-17(26)28-19(4,5)6/h11-12,14H,9-10H2,1-8H3,(H,21,26)(H,23,24)/t11-,12-,14+/m0/s1. The van der Waals surface area contributed by atoms with Gasteiger partial charge in [0.05, 0.1) is 10.8 Å². The predicted octanol–water partition coefficient (Wildman–Crippen LogP) is 3.02. The van der Waals surface area contributed by atoms with Crippen LogP contribution in [0.2, 0.25) is 0 Å². The second kappa shape index (κ2) is 8.93. The van der Waals surface area contributed by atoms with Gasteiger partial charge < -0.3 is 19.9 Å². The summed E-state index contributed by atoms with van der Waals surface area (Å²) < 4.78 is 10.8. The highest BCUT2D eigenvalue weighted by Gasteiger charge is 2.52. The number of rotatable bonds is 6. The van der Waals surface area contributed by atoms with Crippen molar-refractivity contribution in [1.82, 2.24) is 5.32 Å². The Morgan fingerprint density at radius 2 is 1.76 bits per heavy atom. The van der Waals surface area contributed by atoms with Gasteiger partial charge in [-0.2, -0.15) is 11.8 Å². The Balaban J connectivity index is 2.86. The lowest BCUT2D eigenvalue weighted by Gasteiger charge is -2.31. The van der Waals surface area contributed by atoms with Crippen molar-refractivity contribution in [1.29, 1.82) is 0 Å². The summed E-state index contributed by atoms with van der Waals surface area (Å²) >= 11 is 1.20. The minimum Gasteiger partial charge on any atom is -0.480 e. The molecule has 0 aromatic heterocycles. The molecule has 9 heteroatoms. The zero-order chi connectivity index (χ0) is 22.8. The highest BCUT2D eigenvalue weighted by molar-refractivity contribution is 8.00. The Kier molecular flexibility index (Phi) is 7.78. The van der Waals surface area contributed by atoms with Gasteiger partial charge in [-0.15, -0.1) is 0 Å². The van der Waals surface area contributed by atoms with E-state index in [0.717, 1.165) is 0 Å². The van der Waals surface area contributed by atoms with E-state index in [2.05, 4.69) is 5.32 Å². The molecule has 0 aromatic rings. The summed E-state index contributed by atoms with van der Waals surface area (Å²) in [7, 11) is 0. The Morgan fingerprint density at radius 1 is 1.21 bits per heavy atom. The van der Waals surface area contributed by atoms with Gasteiger partial charge in [0.2, 0.25) is 0 Å². The Bertz CT molecular complexity index is 661. The molecule has 8 nitrogen and oxygen atoms in total. The first-order chi connectivity index (χ1) is 12.9. The molecule has 1 aliphatic rings. The van der Waals surface area contributed by atoms with Gasteiger partial charge in [-0.3, -0.25) is 9.59 Å². The number of carbonyl (C=O) groups is 4. The predicted molar refractivity (Wildman–Crippen MR) is 110 cm³/mol. The van der Waals surface area contributed by atoms with E-state index in [1.807, 2.05) is 0 Å². The number of nitrogens with one attached hydrogen (secondary N) is 1. The molecular formula is C20H33NO7S. The van der Waals surface area contributed by atoms with Crippen molar-refractivity contribution < 1.29 is 33.8 Å². The number of alkyl carbamates (subject to hydrolysis) is 1. The van der Waals surface area contributed by atoms with Crippen LogP contribution in [0.1, 0.15) is 61.8 Å². The molecule has 1 rings (SSSR count). The van der Waals surface area contributed by atoms with E-state index in [-0.39, 0.29) is 18.0 Å². The van der Waals surface area contributed by atoms with E-state index in [9.17, 15) is 24.3 Å². The zero-order valence-corrected chi connectivity index (χ0v) is 19.3. The lowest BCUT2D eigenvalue weighted by Crippen LogP contribution is -2.46. The Labute approximate surface area is 176 Å². The normalized spacial score (nSPS) is 22.7. The summed E-state index contributed by atoms with van der Waals surface area (Å²) in [5.41, 5.74) is -2.34. The number of amides is 1. The molecule has 1 aliphatic carbocycles. The lowest BCUT2D eigenvalue weighted by molar-refractivity contribution is -0.163. The number of esters is 1. The quantitative estimate of drug-likeness (QED) is 0.616. The zero-order valence-electron chi connectivity index (χ0n) is 18.5. The van der Waals surface area contributed by atoms with Crippen LogP contribution in [0.4, 0.5) is 4.79 Å². The van der Waals surface area contributed by atoms with E-state index in [0.29, 0.717) is 0 Å². The van der Waals surface area contributed by atoms with Crippen LogP contribution < -0.4 is 5.32 Å². The molecular weight excluding hydrogens is 398 g/mol. The number of aliphatic carboxylic acids is 1. The van der Waals surface area contributed by atoms with E-state index >= 15 is 0 Å². The van der Waals surface area contributed by atoms with Crippen molar-refractivity contribution in [2.75, 3.05) is 5.75 Å². The van der Waals surface area contributed by atoms with Crippen LogP contribution in [0.5, 0.6) is 0 Å². The van der Waals surface area contributed by atoms with Gasteiger partial charge in [0.15, 0.2) is 0 Å². The average molecular weight is 432 g/mol. The molecule has 166 valence electrons. The van der Waals surface area contributed by atoms with Crippen molar-refractivity contribution in [2.24, 2.45) is 10.8 Å². The summed E-state index contributed by atoms with van der Waals surface area (Å²) in [6.07, 6.45) is -1.34. The lowest BCUT2D eigenvalue weighted by atomic mass is 9.87. The van der Waals surface area contributed by atoms with Crippen molar-refractivity contribution in [3.05, 3.63) is 0 Å². The molecule has 0 aliphatic heterocycles. The summed E-state index contributed by atoms with van der Waals surface area (Å²) in [5, 5.41) is 11.4. The van der Waals surface area contributed by atoms with E-state index in [1.54, 1.807) is 55.4 Å². The SMILES string of the molecule is CC(C)(C)OC(=O)N[C@@H](CS[C@H]1CC(=O)C(C)(C)[C@@H]1OC(=O)C(C)(C)C)C(=O)O. The van der Waals surface area contributed by atoms with Gasteiger partial charge in [0.1, 0.15) is 23.5 Å². The molecule has 3 atom stereocenters. The number of thioether (sulfide) groups is 1. The van der Waals surface area contributed by atoms with Crippen LogP contribution in [-0.2, 0) is 23.9 Å². The highest BCUT2D eigenvalue weighted by Crippen LogP contribution is 2.43. The van der Waals surface area contributed by atoms with Crippen LogP contribution in [0.25, 0.3) is 0 Å². The third kappa shape index (κ3) is 7.21. The van der Waals surface area contributed by atoms with Gasteiger partial charge >= 0.3 is 18.0 Å². The molecule has 29 heavy (non-hydrogen) atoms. The van der Waals surface area contributed by atoms with E-state index in [1.165, 1.54) is 11.8 Å². The van der Waals surface area contributed by atoms with E-state index < -0.39 is 51.9 Å². The molecule has 2 N–H and O–H groups in total. The first-order valence-electron chi connectivity index (χ1n) is 9.53. The molecule has 0 heterocycles. The van der Waals surface area contributed by atoms with Gasteiger partial charge in [-0.05, 0) is 55.4 Å². The number of carbonyl (C=O) groups excluding carboxylic acids is 3. The number of ketones is 1. The number of hydrogen-bond acceptors (Lipinski definition) is 7. The molecule has 1 saturated carbocycles. The van der Waals surface area contributed by atoms with Crippen LogP contribution in [-0.4, -0.2) is 57.7 Å². The Hall–Kier alpha value is -1.77. The van der Waals surface area contributed by atoms with Gasteiger partial charge in [-0.25, -0.2) is 9.59 Å².